The predicted octanol–water partition coefficient (Wildman–Crippen LogP) is 5.71. The third-order valence-corrected chi connectivity index (χ3v) is 5.75. The Morgan fingerprint density at radius 1 is 0.793 bits per heavy atom. The molecule has 0 N–H and O–H groups in total. The van der Waals surface area contributed by atoms with E-state index in [1.54, 1.807) is 0 Å². The molecule has 4 nitrogen and oxygen atoms in total. The molecule has 4 aromatic rings. The van der Waals surface area contributed by atoms with Gasteiger partial charge >= 0.3 is 0 Å². The predicted molar refractivity (Wildman–Crippen MR) is 115 cm³/mol. The fourth-order valence-electron chi connectivity index (χ4n) is 4.35. The Kier molecular flexibility index (Phi) is 3.69. The topological polar surface area (TPSA) is 34.6 Å². The van der Waals surface area contributed by atoms with Crippen molar-refractivity contribution in [3.05, 3.63) is 78.4 Å². The lowest BCUT2D eigenvalue weighted by Gasteiger charge is -2.32. The summed E-state index contributed by atoms with van der Waals surface area (Å²) in [4.78, 5) is 7.50. The molecule has 0 unspecified atom stereocenters. The molecule has 0 bridgehead atoms. The molecule has 29 heavy (non-hydrogen) atoms. The third kappa shape index (κ3) is 2.71. The SMILES string of the molecule is c1ccc2c(c1)CCCN2c1cc2ccccc2nc1-c1ccc2c(c1)OCO2. The van der Waals surface area contributed by atoms with Crippen LogP contribution in [0.1, 0.15) is 12.0 Å². The maximum absolute atomic E-state index is 5.63. The minimum absolute atomic E-state index is 0.274. The lowest BCUT2D eigenvalue weighted by atomic mass is 9.99. The van der Waals surface area contributed by atoms with Gasteiger partial charge in [0, 0.05) is 23.2 Å². The number of nitrogens with zero attached hydrogens (tertiary/aromatic N) is 2. The van der Waals surface area contributed by atoms with Crippen molar-refractivity contribution >= 4 is 22.3 Å². The number of pyridine rings is 1. The van der Waals surface area contributed by atoms with Crippen LogP contribution in [-0.4, -0.2) is 18.3 Å². The van der Waals surface area contributed by atoms with E-state index in [4.69, 9.17) is 14.5 Å². The Morgan fingerprint density at radius 2 is 1.66 bits per heavy atom. The van der Waals surface area contributed by atoms with Crippen LogP contribution >= 0.6 is 0 Å². The molecule has 6 rings (SSSR count). The van der Waals surface area contributed by atoms with Crippen molar-refractivity contribution in [2.75, 3.05) is 18.2 Å². The first-order chi connectivity index (χ1) is 14.4. The van der Waals surface area contributed by atoms with Gasteiger partial charge in [-0.2, -0.15) is 0 Å². The summed E-state index contributed by atoms with van der Waals surface area (Å²) in [5, 5.41) is 1.15. The molecule has 0 spiro atoms. The minimum Gasteiger partial charge on any atom is -0.454 e. The largest absolute Gasteiger partial charge is 0.454 e. The zero-order valence-electron chi connectivity index (χ0n) is 16.0. The molecule has 2 aliphatic rings. The monoisotopic (exact) mass is 380 g/mol. The number of rotatable bonds is 2. The minimum atomic E-state index is 0.274. The van der Waals surface area contributed by atoms with Crippen molar-refractivity contribution in [2.45, 2.75) is 12.8 Å². The van der Waals surface area contributed by atoms with Crippen LogP contribution in [0.25, 0.3) is 22.2 Å². The van der Waals surface area contributed by atoms with E-state index >= 15 is 0 Å². The highest BCUT2D eigenvalue weighted by molar-refractivity contribution is 5.92. The van der Waals surface area contributed by atoms with Crippen molar-refractivity contribution in [2.24, 2.45) is 0 Å². The van der Waals surface area contributed by atoms with Crippen LogP contribution in [0.5, 0.6) is 11.5 Å². The third-order valence-electron chi connectivity index (χ3n) is 5.75. The van der Waals surface area contributed by atoms with Gasteiger partial charge in [-0.3, -0.25) is 0 Å². The number of hydrogen-bond acceptors (Lipinski definition) is 4. The van der Waals surface area contributed by atoms with Gasteiger partial charge in [-0.1, -0.05) is 36.4 Å². The van der Waals surface area contributed by atoms with Gasteiger partial charge in [0.2, 0.25) is 6.79 Å². The van der Waals surface area contributed by atoms with Gasteiger partial charge in [0.05, 0.1) is 16.9 Å². The molecule has 1 aromatic heterocycles. The Morgan fingerprint density at radius 3 is 2.66 bits per heavy atom. The van der Waals surface area contributed by atoms with E-state index in [0.717, 1.165) is 58.7 Å². The van der Waals surface area contributed by atoms with E-state index in [0.29, 0.717) is 0 Å². The van der Waals surface area contributed by atoms with Gasteiger partial charge in [-0.25, -0.2) is 4.98 Å². The molecular formula is C25H20N2O2. The summed E-state index contributed by atoms with van der Waals surface area (Å²) in [5.41, 5.74) is 6.81. The number of benzene rings is 3. The summed E-state index contributed by atoms with van der Waals surface area (Å²) in [7, 11) is 0. The summed E-state index contributed by atoms with van der Waals surface area (Å²) in [6.45, 7) is 1.25. The second-order valence-electron chi connectivity index (χ2n) is 7.50. The summed E-state index contributed by atoms with van der Waals surface area (Å²) < 4.78 is 11.1. The van der Waals surface area contributed by atoms with Crippen molar-refractivity contribution in [3.63, 3.8) is 0 Å². The van der Waals surface area contributed by atoms with E-state index in [1.165, 1.54) is 11.3 Å². The van der Waals surface area contributed by atoms with Crippen molar-refractivity contribution in [3.8, 4) is 22.8 Å². The molecule has 142 valence electrons. The maximum Gasteiger partial charge on any atom is 0.231 e. The molecule has 0 fully saturated rings. The normalized spacial score (nSPS) is 14.8. The second kappa shape index (κ2) is 6.52. The first-order valence-corrected chi connectivity index (χ1v) is 10.0. The van der Waals surface area contributed by atoms with Crippen LogP contribution in [0.2, 0.25) is 0 Å². The summed E-state index contributed by atoms with van der Waals surface area (Å²) in [6, 6.07) is 25.3. The van der Waals surface area contributed by atoms with E-state index in [1.807, 2.05) is 18.2 Å². The number of aromatic nitrogens is 1. The van der Waals surface area contributed by atoms with Crippen LogP contribution in [-0.2, 0) is 6.42 Å². The molecule has 3 heterocycles. The van der Waals surface area contributed by atoms with Crippen molar-refractivity contribution in [1.82, 2.24) is 4.98 Å². The van der Waals surface area contributed by atoms with Gasteiger partial charge in [-0.05, 0) is 54.8 Å². The van der Waals surface area contributed by atoms with E-state index in [-0.39, 0.29) is 6.79 Å². The number of anilines is 2. The second-order valence-corrected chi connectivity index (χ2v) is 7.50. The Balaban J connectivity index is 1.59. The lowest BCUT2D eigenvalue weighted by Crippen LogP contribution is -2.25. The maximum atomic E-state index is 5.63. The molecule has 4 heteroatoms. The first-order valence-electron chi connectivity index (χ1n) is 10.0. The Labute approximate surface area is 169 Å². The lowest BCUT2D eigenvalue weighted by molar-refractivity contribution is 0.174. The zero-order valence-corrected chi connectivity index (χ0v) is 16.0. The van der Waals surface area contributed by atoms with Crippen LogP contribution in [0.3, 0.4) is 0 Å². The molecule has 3 aromatic carbocycles. The molecule has 0 radical (unpaired) electrons. The van der Waals surface area contributed by atoms with Crippen LogP contribution in [0.15, 0.2) is 72.8 Å². The molecule has 0 amide bonds. The molecule has 0 aliphatic carbocycles. The quantitative estimate of drug-likeness (QED) is 0.446. The van der Waals surface area contributed by atoms with Crippen LogP contribution < -0.4 is 14.4 Å². The number of ether oxygens (including phenoxy) is 2. The molecule has 0 atom stereocenters. The van der Waals surface area contributed by atoms with Gasteiger partial charge in [0.1, 0.15) is 0 Å². The average Bonchev–Trinajstić information content (AvgIpc) is 3.26. The van der Waals surface area contributed by atoms with Gasteiger partial charge in [-0.15, -0.1) is 0 Å². The molecular weight excluding hydrogens is 360 g/mol. The van der Waals surface area contributed by atoms with Gasteiger partial charge in [0.15, 0.2) is 11.5 Å². The van der Waals surface area contributed by atoms with E-state index in [2.05, 4.69) is 59.5 Å². The summed E-state index contributed by atoms with van der Waals surface area (Å²) in [5.74, 6) is 1.57. The average molecular weight is 380 g/mol. The highest BCUT2D eigenvalue weighted by Crippen LogP contribution is 2.42. The van der Waals surface area contributed by atoms with Crippen LogP contribution in [0, 0.1) is 0 Å². The van der Waals surface area contributed by atoms with E-state index in [9.17, 15) is 0 Å². The molecule has 0 saturated carbocycles. The highest BCUT2D eigenvalue weighted by atomic mass is 16.7. The fraction of sp³-hybridized carbons (Fsp3) is 0.160. The highest BCUT2D eigenvalue weighted by Gasteiger charge is 2.23. The standard InChI is InChI=1S/C25H20N2O2/c1-3-9-20-18(7-1)14-22(27-13-5-8-17-6-2-4-10-21(17)27)25(26-20)19-11-12-23-24(15-19)29-16-28-23/h1-4,6-7,9-12,14-15H,5,8,13,16H2. The van der Waals surface area contributed by atoms with Crippen molar-refractivity contribution < 1.29 is 9.47 Å². The fourth-order valence-corrected chi connectivity index (χ4v) is 4.35. The summed E-state index contributed by atoms with van der Waals surface area (Å²) in [6.07, 6.45) is 2.25. The first kappa shape index (κ1) is 16.4. The van der Waals surface area contributed by atoms with Crippen LogP contribution in [0.4, 0.5) is 11.4 Å². The van der Waals surface area contributed by atoms with Crippen molar-refractivity contribution in [1.29, 1.82) is 0 Å². The number of para-hydroxylation sites is 2. The Bertz CT molecular complexity index is 1230. The molecule has 0 saturated heterocycles. The molecule has 2 aliphatic heterocycles. The van der Waals surface area contributed by atoms with Gasteiger partial charge < -0.3 is 14.4 Å². The smallest absolute Gasteiger partial charge is 0.231 e. The Hall–Kier alpha value is -3.53. The van der Waals surface area contributed by atoms with Gasteiger partial charge in [0.25, 0.3) is 0 Å². The number of aryl methyl sites for hydroxylation is 1. The van der Waals surface area contributed by atoms with E-state index < -0.39 is 0 Å². The zero-order chi connectivity index (χ0) is 19.2. The summed E-state index contributed by atoms with van der Waals surface area (Å²) >= 11 is 0. The number of hydrogen-bond donors (Lipinski definition) is 0. The number of fused-ring (bicyclic) bond motifs is 3.